The molecule has 0 aliphatic rings. The normalized spacial score (nSPS) is 12.2. The average Bonchev–Trinajstić information content (AvgIpc) is 2.26. The van der Waals surface area contributed by atoms with Crippen LogP contribution in [0.15, 0.2) is 0 Å². The molecule has 0 amide bonds. The summed E-state index contributed by atoms with van der Waals surface area (Å²) >= 11 is 0. The summed E-state index contributed by atoms with van der Waals surface area (Å²) in [6.45, 7) is 0.526. The Morgan fingerprint density at radius 1 is 1.41 bits per heavy atom. The quantitative estimate of drug-likeness (QED) is 0.579. The van der Waals surface area contributed by atoms with Crippen LogP contribution in [0, 0.1) is 0 Å². The Bertz CT molecular complexity index is 359. The molecule has 0 spiro atoms. The number of nitrogens with two attached hydrogens (primary N) is 1. The summed E-state index contributed by atoms with van der Waals surface area (Å²) in [6.07, 6.45) is -0.624. The molecule has 17 heavy (non-hydrogen) atoms. The smallest absolute Gasteiger partial charge is 0.231 e. The van der Waals surface area contributed by atoms with Gasteiger partial charge in [-0.3, -0.25) is 0 Å². The zero-order chi connectivity index (χ0) is 12.8. The number of nitrogens with one attached hydrogen (secondary N) is 1. The molecule has 1 aromatic rings. The fraction of sp³-hybridized carbons (Fsp3) is 0.667. The maximum Gasteiger partial charge on any atom is 0.231 e. The van der Waals surface area contributed by atoms with E-state index in [1.165, 1.54) is 7.11 Å². The molecule has 0 radical (unpaired) electrons. The van der Waals surface area contributed by atoms with Gasteiger partial charge in [0.15, 0.2) is 0 Å². The number of anilines is 3. The van der Waals surface area contributed by atoms with Crippen molar-refractivity contribution in [3.05, 3.63) is 0 Å². The van der Waals surface area contributed by atoms with E-state index in [2.05, 4.69) is 20.3 Å². The maximum absolute atomic E-state index is 9.46. The Hall–Kier alpha value is -1.67. The maximum atomic E-state index is 9.46. The van der Waals surface area contributed by atoms with Crippen LogP contribution in [0.1, 0.15) is 0 Å². The minimum Gasteiger partial charge on any atom is -0.389 e. The van der Waals surface area contributed by atoms with E-state index in [1.54, 1.807) is 19.0 Å². The van der Waals surface area contributed by atoms with Crippen molar-refractivity contribution in [2.75, 3.05) is 50.3 Å². The monoisotopic (exact) mass is 242 g/mol. The number of hydrogen-bond donors (Lipinski definition) is 3. The first-order valence-electron chi connectivity index (χ1n) is 5.12. The summed E-state index contributed by atoms with van der Waals surface area (Å²) in [5.74, 6) is 0.921. The fourth-order valence-corrected chi connectivity index (χ4v) is 1.12. The van der Waals surface area contributed by atoms with E-state index in [9.17, 15) is 5.11 Å². The predicted octanol–water partition coefficient (Wildman–Crippen LogP) is -1.06. The van der Waals surface area contributed by atoms with Crippen LogP contribution in [-0.4, -0.2) is 60.5 Å². The van der Waals surface area contributed by atoms with Gasteiger partial charge in [0, 0.05) is 27.7 Å². The van der Waals surface area contributed by atoms with Crippen LogP contribution in [-0.2, 0) is 4.74 Å². The molecule has 0 aliphatic heterocycles. The third-order valence-corrected chi connectivity index (χ3v) is 1.90. The molecule has 96 valence electrons. The van der Waals surface area contributed by atoms with Crippen molar-refractivity contribution in [3.63, 3.8) is 0 Å². The van der Waals surface area contributed by atoms with Gasteiger partial charge in [0.1, 0.15) is 0 Å². The first-order chi connectivity index (χ1) is 8.02. The molecule has 0 saturated carbocycles. The van der Waals surface area contributed by atoms with Crippen molar-refractivity contribution in [3.8, 4) is 0 Å². The third-order valence-electron chi connectivity index (χ3n) is 1.90. The van der Waals surface area contributed by atoms with Gasteiger partial charge in [-0.25, -0.2) is 0 Å². The van der Waals surface area contributed by atoms with Gasteiger partial charge in [-0.1, -0.05) is 0 Å². The van der Waals surface area contributed by atoms with E-state index >= 15 is 0 Å². The van der Waals surface area contributed by atoms with Crippen LogP contribution in [0.2, 0.25) is 0 Å². The molecule has 0 aromatic carbocycles. The molecule has 1 atom stereocenters. The van der Waals surface area contributed by atoms with Crippen LogP contribution >= 0.6 is 0 Å². The largest absolute Gasteiger partial charge is 0.389 e. The number of nitrogens with zero attached hydrogens (tertiary/aromatic N) is 4. The van der Waals surface area contributed by atoms with Crippen molar-refractivity contribution in [2.45, 2.75) is 6.10 Å². The number of methoxy groups -OCH3 is 1. The van der Waals surface area contributed by atoms with Crippen molar-refractivity contribution in [2.24, 2.45) is 0 Å². The third kappa shape index (κ3) is 4.37. The molecule has 1 rings (SSSR count). The van der Waals surface area contributed by atoms with E-state index in [-0.39, 0.29) is 19.1 Å². The molecule has 1 unspecified atom stereocenters. The number of rotatable bonds is 6. The van der Waals surface area contributed by atoms with Gasteiger partial charge in [0.05, 0.1) is 12.7 Å². The number of nitrogen functional groups attached to an aromatic ring is 1. The topological polar surface area (TPSA) is 109 Å². The Labute approximate surface area is 99.8 Å². The summed E-state index contributed by atoms with van der Waals surface area (Å²) in [7, 11) is 5.13. The van der Waals surface area contributed by atoms with Crippen molar-refractivity contribution < 1.29 is 9.84 Å². The molecule has 0 bridgehead atoms. The highest BCUT2D eigenvalue weighted by Crippen LogP contribution is 2.08. The van der Waals surface area contributed by atoms with Gasteiger partial charge in [-0.2, -0.15) is 15.0 Å². The van der Waals surface area contributed by atoms with Crippen LogP contribution < -0.4 is 16.0 Å². The molecule has 0 aliphatic carbocycles. The van der Waals surface area contributed by atoms with Crippen LogP contribution in [0.4, 0.5) is 17.8 Å². The second kappa shape index (κ2) is 6.16. The zero-order valence-electron chi connectivity index (χ0n) is 10.2. The first-order valence-corrected chi connectivity index (χ1v) is 5.12. The van der Waals surface area contributed by atoms with Crippen molar-refractivity contribution in [1.29, 1.82) is 0 Å². The molecule has 8 nitrogen and oxygen atoms in total. The number of ether oxygens (including phenoxy) is 1. The summed E-state index contributed by atoms with van der Waals surface area (Å²) in [6, 6.07) is 0. The van der Waals surface area contributed by atoms with Gasteiger partial charge in [-0.05, 0) is 0 Å². The lowest BCUT2D eigenvalue weighted by molar-refractivity contribution is 0.0726. The molecule has 0 fully saturated rings. The summed E-state index contributed by atoms with van der Waals surface area (Å²) in [4.78, 5) is 13.7. The molecule has 8 heteroatoms. The Balaban J connectivity index is 2.64. The Morgan fingerprint density at radius 3 is 2.71 bits per heavy atom. The molecular formula is C9H18N6O2. The zero-order valence-corrected chi connectivity index (χ0v) is 10.2. The first kappa shape index (κ1) is 13.4. The van der Waals surface area contributed by atoms with Crippen molar-refractivity contribution >= 4 is 17.8 Å². The summed E-state index contributed by atoms with van der Waals surface area (Å²) in [5.41, 5.74) is 5.55. The average molecular weight is 242 g/mol. The molecule has 1 heterocycles. The van der Waals surface area contributed by atoms with Gasteiger partial charge >= 0.3 is 0 Å². The van der Waals surface area contributed by atoms with Gasteiger partial charge in [0.2, 0.25) is 17.8 Å². The second-order valence-electron chi connectivity index (χ2n) is 3.70. The van der Waals surface area contributed by atoms with Gasteiger partial charge in [0.25, 0.3) is 0 Å². The molecule has 1 aromatic heterocycles. The molecular weight excluding hydrogens is 224 g/mol. The minimum atomic E-state index is -0.624. The van der Waals surface area contributed by atoms with Crippen LogP contribution in [0.3, 0.4) is 0 Å². The molecule has 0 saturated heterocycles. The van der Waals surface area contributed by atoms with Gasteiger partial charge < -0.3 is 25.8 Å². The van der Waals surface area contributed by atoms with E-state index in [0.717, 1.165) is 0 Å². The summed E-state index contributed by atoms with van der Waals surface area (Å²) < 4.78 is 4.80. The van der Waals surface area contributed by atoms with Gasteiger partial charge in [-0.15, -0.1) is 0 Å². The van der Waals surface area contributed by atoms with Crippen LogP contribution in [0.25, 0.3) is 0 Å². The lowest BCUT2D eigenvalue weighted by Gasteiger charge is -2.13. The standard InChI is InChI=1S/C9H18N6O2/c1-15(2)9-13-7(10)12-8(14-9)11-4-6(16)5-17-3/h6,16H,4-5H2,1-3H3,(H3,10,11,12,13,14). The predicted molar refractivity (Wildman–Crippen MR) is 64.9 cm³/mol. The lowest BCUT2D eigenvalue weighted by atomic mass is 10.4. The van der Waals surface area contributed by atoms with E-state index in [1.807, 2.05) is 0 Å². The highest BCUT2D eigenvalue weighted by atomic mass is 16.5. The van der Waals surface area contributed by atoms with Crippen LogP contribution in [0.5, 0.6) is 0 Å². The van der Waals surface area contributed by atoms with E-state index in [0.29, 0.717) is 11.9 Å². The molecule has 4 N–H and O–H groups in total. The highest BCUT2D eigenvalue weighted by Gasteiger charge is 2.08. The number of hydrogen-bond acceptors (Lipinski definition) is 8. The lowest BCUT2D eigenvalue weighted by Crippen LogP contribution is -2.25. The number of aliphatic hydroxyl groups excluding tert-OH is 1. The fourth-order valence-electron chi connectivity index (χ4n) is 1.12. The highest BCUT2D eigenvalue weighted by molar-refractivity contribution is 5.40. The SMILES string of the molecule is COCC(O)CNc1nc(N)nc(N(C)C)n1. The van der Waals surface area contributed by atoms with Crippen molar-refractivity contribution in [1.82, 2.24) is 15.0 Å². The summed E-state index contributed by atoms with van der Waals surface area (Å²) in [5, 5.41) is 12.3. The van der Waals surface area contributed by atoms with E-state index < -0.39 is 6.10 Å². The minimum absolute atomic E-state index is 0.132. The number of aliphatic hydroxyl groups is 1. The Kier molecular flexibility index (Phi) is 4.85. The second-order valence-corrected chi connectivity index (χ2v) is 3.70. The Morgan fingerprint density at radius 2 is 2.12 bits per heavy atom. The van der Waals surface area contributed by atoms with E-state index in [4.69, 9.17) is 10.5 Å². The number of aromatic nitrogens is 3.